The minimum atomic E-state index is -0.310. The van der Waals surface area contributed by atoms with Crippen molar-refractivity contribution in [3.63, 3.8) is 0 Å². The SMILES string of the molecule is C[C@@H]1C(=O)N(c2ccccc2)N=C1N. The molecule has 1 aromatic rings. The average Bonchev–Trinajstić information content (AvgIpc) is 2.47. The number of amidine groups is 1. The van der Waals surface area contributed by atoms with E-state index in [1.165, 1.54) is 5.01 Å². The van der Waals surface area contributed by atoms with E-state index in [2.05, 4.69) is 5.10 Å². The first-order valence-electron chi connectivity index (χ1n) is 4.43. The molecule has 72 valence electrons. The van der Waals surface area contributed by atoms with E-state index in [9.17, 15) is 4.79 Å². The molecule has 0 radical (unpaired) electrons. The maximum Gasteiger partial charge on any atom is 0.257 e. The van der Waals surface area contributed by atoms with E-state index < -0.39 is 0 Å². The number of anilines is 1. The second-order valence-electron chi connectivity index (χ2n) is 3.23. The molecule has 0 saturated heterocycles. The predicted octanol–water partition coefficient (Wildman–Crippen LogP) is 0.942. The van der Waals surface area contributed by atoms with Gasteiger partial charge in [0.25, 0.3) is 5.91 Å². The van der Waals surface area contributed by atoms with Crippen LogP contribution in [0.25, 0.3) is 0 Å². The topological polar surface area (TPSA) is 58.7 Å². The van der Waals surface area contributed by atoms with Crippen molar-refractivity contribution in [1.82, 2.24) is 0 Å². The van der Waals surface area contributed by atoms with Crippen LogP contribution in [0.5, 0.6) is 0 Å². The number of hydrazone groups is 1. The second kappa shape index (κ2) is 3.14. The maximum atomic E-state index is 11.6. The van der Waals surface area contributed by atoms with Crippen molar-refractivity contribution in [2.45, 2.75) is 6.92 Å². The van der Waals surface area contributed by atoms with Gasteiger partial charge in [-0.2, -0.15) is 10.1 Å². The number of para-hydroxylation sites is 1. The fraction of sp³-hybridized carbons (Fsp3) is 0.200. The van der Waals surface area contributed by atoms with Crippen molar-refractivity contribution < 1.29 is 4.79 Å². The third-order valence-electron chi connectivity index (χ3n) is 2.24. The van der Waals surface area contributed by atoms with Crippen LogP contribution in [0.4, 0.5) is 5.69 Å². The quantitative estimate of drug-likeness (QED) is 0.714. The first-order chi connectivity index (χ1) is 6.70. The molecule has 4 nitrogen and oxygen atoms in total. The van der Waals surface area contributed by atoms with E-state index in [1.54, 1.807) is 6.92 Å². The molecule has 0 aliphatic carbocycles. The zero-order valence-corrected chi connectivity index (χ0v) is 7.84. The van der Waals surface area contributed by atoms with Gasteiger partial charge in [0.15, 0.2) is 0 Å². The largest absolute Gasteiger partial charge is 0.385 e. The van der Waals surface area contributed by atoms with Crippen molar-refractivity contribution >= 4 is 17.4 Å². The number of nitrogens with zero attached hydrogens (tertiary/aromatic N) is 2. The molecule has 1 aromatic carbocycles. The van der Waals surface area contributed by atoms with Crippen LogP contribution >= 0.6 is 0 Å². The molecule has 0 fully saturated rings. The lowest BCUT2D eigenvalue weighted by Crippen LogP contribution is -2.27. The predicted molar refractivity (Wildman–Crippen MR) is 54.7 cm³/mol. The number of benzene rings is 1. The summed E-state index contributed by atoms with van der Waals surface area (Å²) in [5.41, 5.74) is 6.34. The minimum absolute atomic E-state index is 0.0753. The molecule has 0 spiro atoms. The summed E-state index contributed by atoms with van der Waals surface area (Å²) in [5, 5.41) is 5.35. The zero-order valence-electron chi connectivity index (χ0n) is 7.84. The molecule has 0 saturated carbocycles. The van der Waals surface area contributed by atoms with Crippen LogP contribution < -0.4 is 10.7 Å². The van der Waals surface area contributed by atoms with Gasteiger partial charge in [-0.05, 0) is 19.1 Å². The van der Waals surface area contributed by atoms with Gasteiger partial charge in [-0.25, -0.2) is 0 Å². The summed E-state index contributed by atoms with van der Waals surface area (Å²) in [5.74, 6) is -0.0113. The Hall–Kier alpha value is -1.84. The minimum Gasteiger partial charge on any atom is -0.385 e. The fourth-order valence-electron chi connectivity index (χ4n) is 1.32. The Morgan fingerprint density at radius 1 is 1.36 bits per heavy atom. The van der Waals surface area contributed by atoms with Crippen molar-refractivity contribution in [1.29, 1.82) is 0 Å². The van der Waals surface area contributed by atoms with Crippen molar-refractivity contribution in [3.8, 4) is 0 Å². The fourth-order valence-corrected chi connectivity index (χ4v) is 1.32. The first kappa shape index (κ1) is 8.74. The Kier molecular flexibility index (Phi) is 1.96. The van der Waals surface area contributed by atoms with Crippen LogP contribution in [0.3, 0.4) is 0 Å². The van der Waals surface area contributed by atoms with Gasteiger partial charge < -0.3 is 5.73 Å². The molecule has 0 unspecified atom stereocenters. The standard InChI is InChI=1S/C10H11N3O/c1-7-9(11)12-13(10(7)14)8-5-3-2-4-6-8/h2-7H,1H3,(H2,11,12)/t7-/m0/s1. The van der Waals surface area contributed by atoms with Gasteiger partial charge in [-0.3, -0.25) is 4.79 Å². The smallest absolute Gasteiger partial charge is 0.257 e. The van der Waals surface area contributed by atoms with E-state index in [0.29, 0.717) is 5.84 Å². The van der Waals surface area contributed by atoms with E-state index in [1.807, 2.05) is 30.3 Å². The average molecular weight is 189 g/mol. The molecule has 1 aliphatic rings. The summed E-state index contributed by atoms with van der Waals surface area (Å²) in [6.07, 6.45) is 0. The van der Waals surface area contributed by atoms with Crippen molar-refractivity contribution in [3.05, 3.63) is 30.3 Å². The lowest BCUT2D eigenvalue weighted by atomic mass is 10.1. The normalized spacial score (nSPS) is 21.2. The number of nitrogens with two attached hydrogens (primary N) is 1. The number of hydrogen-bond donors (Lipinski definition) is 1. The van der Waals surface area contributed by atoms with Gasteiger partial charge in [-0.1, -0.05) is 18.2 Å². The molecule has 2 rings (SSSR count). The molecule has 4 heteroatoms. The summed E-state index contributed by atoms with van der Waals surface area (Å²) in [6.45, 7) is 1.75. The van der Waals surface area contributed by atoms with E-state index >= 15 is 0 Å². The highest BCUT2D eigenvalue weighted by atomic mass is 16.2. The molecule has 1 aliphatic heterocycles. The lowest BCUT2D eigenvalue weighted by molar-refractivity contribution is -0.119. The van der Waals surface area contributed by atoms with Gasteiger partial charge in [0, 0.05) is 0 Å². The zero-order chi connectivity index (χ0) is 10.1. The van der Waals surface area contributed by atoms with Crippen LogP contribution in [0, 0.1) is 5.92 Å². The molecular formula is C10H11N3O. The second-order valence-corrected chi connectivity index (χ2v) is 3.23. The summed E-state index contributed by atoms with van der Waals surface area (Å²) in [4.78, 5) is 11.6. The van der Waals surface area contributed by atoms with Crippen LogP contribution in [0.1, 0.15) is 6.92 Å². The Balaban J connectivity index is 2.35. The molecule has 14 heavy (non-hydrogen) atoms. The van der Waals surface area contributed by atoms with Crippen molar-refractivity contribution in [2.24, 2.45) is 16.8 Å². The van der Waals surface area contributed by atoms with E-state index in [4.69, 9.17) is 5.73 Å². The number of carbonyl (C=O) groups is 1. The monoisotopic (exact) mass is 189 g/mol. The molecular weight excluding hydrogens is 178 g/mol. The van der Waals surface area contributed by atoms with Crippen LogP contribution in [0.2, 0.25) is 0 Å². The van der Waals surface area contributed by atoms with Crippen LogP contribution in [-0.2, 0) is 4.79 Å². The Morgan fingerprint density at radius 3 is 2.50 bits per heavy atom. The molecule has 1 atom stereocenters. The number of carbonyl (C=O) groups excluding carboxylic acids is 1. The lowest BCUT2D eigenvalue weighted by Gasteiger charge is -2.11. The number of hydrogen-bond acceptors (Lipinski definition) is 3. The third-order valence-corrected chi connectivity index (χ3v) is 2.24. The molecule has 2 N–H and O–H groups in total. The number of amides is 1. The van der Waals surface area contributed by atoms with E-state index in [-0.39, 0.29) is 11.8 Å². The number of rotatable bonds is 1. The van der Waals surface area contributed by atoms with E-state index in [0.717, 1.165) is 5.69 Å². The van der Waals surface area contributed by atoms with Crippen molar-refractivity contribution in [2.75, 3.05) is 5.01 Å². The highest BCUT2D eigenvalue weighted by molar-refractivity contribution is 6.13. The van der Waals surface area contributed by atoms with Crippen LogP contribution in [-0.4, -0.2) is 11.7 Å². The van der Waals surface area contributed by atoms with Gasteiger partial charge in [0.1, 0.15) is 5.84 Å². The maximum absolute atomic E-state index is 11.6. The highest BCUT2D eigenvalue weighted by Crippen LogP contribution is 2.21. The summed E-state index contributed by atoms with van der Waals surface area (Å²) < 4.78 is 0. The Morgan fingerprint density at radius 2 is 2.00 bits per heavy atom. The molecule has 0 bridgehead atoms. The molecule has 1 heterocycles. The summed E-state index contributed by atoms with van der Waals surface area (Å²) in [6, 6.07) is 9.26. The van der Waals surface area contributed by atoms with Gasteiger partial charge >= 0.3 is 0 Å². The van der Waals surface area contributed by atoms with Gasteiger partial charge in [-0.15, -0.1) is 0 Å². The van der Waals surface area contributed by atoms with Gasteiger partial charge in [0.2, 0.25) is 0 Å². The Labute approximate surface area is 82.0 Å². The summed E-state index contributed by atoms with van der Waals surface area (Å²) in [7, 11) is 0. The molecule has 0 aromatic heterocycles. The third kappa shape index (κ3) is 1.25. The first-order valence-corrected chi connectivity index (χ1v) is 4.43. The van der Waals surface area contributed by atoms with Gasteiger partial charge in [0.05, 0.1) is 11.6 Å². The van der Waals surface area contributed by atoms with Crippen LogP contribution in [0.15, 0.2) is 35.4 Å². The highest BCUT2D eigenvalue weighted by Gasteiger charge is 2.31. The Bertz CT molecular complexity index is 386. The molecule has 1 amide bonds. The summed E-state index contributed by atoms with van der Waals surface area (Å²) >= 11 is 0.